The molecule has 5 nitrogen and oxygen atoms in total. The number of ether oxygens (including phenoxy) is 1. The molecular weight excluding hydrogens is 399 g/mol. The van der Waals surface area contributed by atoms with Gasteiger partial charge in [0.25, 0.3) is 0 Å². The maximum Gasteiger partial charge on any atom is 0.317 e. The van der Waals surface area contributed by atoms with E-state index in [1.54, 1.807) is 25.2 Å². The molecule has 0 radical (unpaired) electrons. The topological polar surface area (TPSA) is 58.6 Å². The molecule has 0 saturated heterocycles. The van der Waals surface area contributed by atoms with Crippen molar-refractivity contribution in [2.75, 3.05) is 20.2 Å². The fraction of sp³-hybridized carbons (Fsp3) is 0.333. The van der Waals surface area contributed by atoms with E-state index in [1.165, 1.54) is 10.5 Å². The summed E-state index contributed by atoms with van der Waals surface area (Å²) in [4.78, 5) is 25.5. The van der Waals surface area contributed by atoms with Crippen molar-refractivity contribution in [3.63, 3.8) is 0 Å². The third-order valence-corrected chi connectivity index (χ3v) is 5.14. The fourth-order valence-electron chi connectivity index (χ4n) is 2.50. The summed E-state index contributed by atoms with van der Waals surface area (Å²) < 4.78 is 5.22. The van der Waals surface area contributed by atoms with Gasteiger partial charge >= 0.3 is 12.0 Å². The number of hydrogen-bond donors (Lipinski definition) is 1. The molecule has 2 rings (SSSR count). The highest BCUT2D eigenvalue weighted by atomic mass is 35.5. The Hall–Kier alpha value is -2.24. The van der Waals surface area contributed by atoms with Crippen LogP contribution in [0.1, 0.15) is 23.6 Å². The lowest BCUT2D eigenvalue weighted by Crippen LogP contribution is -2.39. The number of carbonyl (C=O) groups is 2. The van der Waals surface area contributed by atoms with Crippen molar-refractivity contribution in [3.05, 3.63) is 69.2 Å². The first kappa shape index (κ1) is 22.1. The number of hydrogen-bond acceptors (Lipinski definition) is 3. The number of urea groups is 1. The first-order chi connectivity index (χ1) is 13.4. The first-order valence-corrected chi connectivity index (χ1v) is 9.81. The molecule has 0 fully saturated rings. The smallest absolute Gasteiger partial charge is 0.317 e. The molecule has 1 N–H and O–H groups in total. The predicted molar refractivity (Wildman–Crippen MR) is 112 cm³/mol. The highest BCUT2D eigenvalue weighted by molar-refractivity contribution is 6.42. The SMILES string of the molecule is CCc1ccc(CC(=O)OCCN(C)C(=O)NCc2cccc(Cl)c2Cl)cc1. The molecule has 0 aliphatic heterocycles. The number of aryl methyl sites for hydroxylation is 1. The average molecular weight is 423 g/mol. The molecule has 0 unspecified atom stereocenters. The Morgan fingerprint density at radius 2 is 1.75 bits per heavy atom. The maximum absolute atomic E-state index is 12.1. The van der Waals surface area contributed by atoms with Gasteiger partial charge in [0.15, 0.2) is 0 Å². The van der Waals surface area contributed by atoms with Gasteiger partial charge in [0, 0.05) is 13.6 Å². The fourth-order valence-corrected chi connectivity index (χ4v) is 2.89. The van der Waals surface area contributed by atoms with Crippen molar-refractivity contribution < 1.29 is 14.3 Å². The minimum atomic E-state index is -0.316. The second kappa shape index (κ2) is 10.9. The van der Waals surface area contributed by atoms with Crippen LogP contribution in [-0.4, -0.2) is 37.1 Å². The summed E-state index contributed by atoms with van der Waals surface area (Å²) in [6.45, 7) is 2.76. The number of carbonyl (C=O) groups excluding carboxylic acids is 2. The Morgan fingerprint density at radius 3 is 2.43 bits per heavy atom. The van der Waals surface area contributed by atoms with Crippen LogP contribution in [0.3, 0.4) is 0 Å². The standard InChI is InChI=1S/C21H24Cl2N2O3/c1-3-15-7-9-16(10-8-15)13-19(26)28-12-11-25(2)21(27)24-14-17-5-4-6-18(22)20(17)23/h4-10H,3,11-14H2,1-2H3,(H,24,27). The molecule has 150 valence electrons. The quantitative estimate of drug-likeness (QED) is 0.637. The molecule has 0 saturated carbocycles. The number of nitrogens with zero attached hydrogens (tertiary/aromatic N) is 1. The van der Waals surface area contributed by atoms with Crippen LogP contribution in [-0.2, 0) is 28.9 Å². The number of likely N-dealkylation sites (N-methyl/N-ethyl adjacent to an activating group) is 1. The van der Waals surface area contributed by atoms with Crippen LogP contribution in [0, 0.1) is 0 Å². The Bertz CT molecular complexity index is 810. The molecule has 0 heterocycles. The Labute approximate surface area is 175 Å². The van der Waals surface area contributed by atoms with E-state index >= 15 is 0 Å². The van der Waals surface area contributed by atoms with Gasteiger partial charge in [-0.3, -0.25) is 4.79 Å². The molecular formula is C21H24Cl2N2O3. The number of nitrogens with one attached hydrogen (secondary N) is 1. The zero-order chi connectivity index (χ0) is 20.5. The van der Waals surface area contributed by atoms with Gasteiger partial charge in [0.05, 0.1) is 23.0 Å². The molecule has 0 bridgehead atoms. The molecule has 28 heavy (non-hydrogen) atoms. The number of amides is 2. The van der Waals surface area contributed by atoms with Crippen molar-refractivity contribution in [2.24, 2.45) is 0 Å². The summed E-state index contributed by atoms with van der Waals surface area (Å²) in [5, 5.41) is 3.63. The van der Waals surface area contributed by atoms with Gasteiger partial charge < -0.3 is 15.0 Å². The Morgan fingerprint density at radius 1 is 1.07 bits per heavy atom. The summed E-state index contributed by atoms with van der Waals surface area (Å²) in [5.74, 6) is -0.316. The molecule has 0 spiro atoms. The molecule has 0 aliphatic carbocycles. The van der Waals surface area contributed by atoms with Gasteiger partial charge in [-0.25, -0.2) is 4.79 Å². The molecule has 2 amide bonds. The predicted octanol–water partition coefficient (Wildman–Crippen LogP) is 4.48. The number of benzene rings is 2. The minimum Gasteiger partial charge on any atom is -0.464 e. The molecule has 0 atom stereocenters. The lowest BCUT2D eigenvalue weighted by Gasteiger charge is -2.18. The van der Waals surface area contributed by atoms with Gasteiger partial charge in [-0.05, 0) is 29.2 Å². The largest absolute Gasteiger partial charge is 0.464 e. The minimum absolute atomic E-state index is 0.133. The average Bonchev–Trinajstić information content (AvgIpc) is 2.69. The second-order valence-corrected chi connectivity index (χ2v) is 7.15. The summed E-state index contributed by atoms with van der Waals surface area (Å²) in [6.07, 6.45) is 1.18. The van der Waals surface area contributed by atoms with E-state index in [0.29, 0.717) is 10.0 Å². The van der Waals surface area contributed by atoms with Crippen molar-refractivity contribution >= 4 is 35.2 Å². The lowest BCUT2D eigenvalue weighted by atomic mass is 10.1. The highest BCUT2D eigenvalue weighted by Gasteiger charge is 2.11. The van der Waals surface area contributed by atoms with Crippen molar-refractivity contribution in [2.45, 2.75) is 26.3 Å². The van der Waals surface area contributed by atoms with Gasteiger partial charge in [-0.1, -0.05) is 66.5 Å². The van der Waals surface area contributed by atoms with Crippen LogP contribution in [0.4, 0.5) is 4.79 Å². The zero-order valence-corrected chi connectivity index (χ0v) is 17.5. The van der Waals surface area contributed by atoms with Crippen LogP contribution in [0.15, 0.2) is 42.5 Å². The van der Waals surface area contributed by atoms with Crippen LogP contribution < -0.4 is 5.32 Å². The van der Waals surface area contributed by atoms with E-state index in [0.717, 1.165) is 17.5 Å². The third kappa shape index (κ3) is 6.73. The van der Waals surface area contributed by atoms with E-state index in [2.05, 4.69) is 12.2 Å². The molecule has 7 heteroatoms. The van der Waals surface area contributed by atoms with Gasteiger partial charge in [-0.2, -0.15) is 0 Å². The Kier molecular flexibility index (Phi) is 8.61. The summed E-state index contributed by atoms with van der Waals surface area (Å²) in [6, 6.07) is 12.8. The molecule has 0 aromatic heterocycles. The highest BCUT2D eigenvalue weighted by Crippen LogP contribution is 2.25. The summed E-state index contributed by atoms with van der Waals surface area (Å²) >= 11 is 12.1. The Balaban J connectivity index is 1.70. The molecule has 0 aliphatic rings. The van der Waals surface area contributed by atoms with E-state index in [-0.39, 0.29) is 38.1 Å². The number of rotatable bonds is 8. The monoisotopic (exact) mass is 422 g/mol. The van der Waals surface area contributed by atoms with Crippen LogP contribution in [0.25, 0.3) is 0 Å². The summed E-state index contributed by atoms with van der Waals surface area (Å²) in [7, 11) is 1.63. The normalized spacial score (nSPS) is 10.4. The maximum atomic E-state index is 12.1. The van der Waals surface area contributed by atoms with E-state index < -0.39 is 0 Å². The number of esters is 1. The van der Waals surface area contributed by atoms with Gasteiger partial charge in [0.2, 0.25) is 0 Å². The molecule has 2 aromatic rings. The second-order valence-electron chi connectivity index (χ2n) is 6.36. The van der Waals surface area contributed by atoms with Crippen molar-refractivity contribution in [1.82, 2.24) is 10.2 Å². The number of halogens is 2. The third-order valence-electron chi connectivity index (χ3n) is 4.28. The molecule has 2 aromatic carbocycles. The first-order valence-electron chi connectivity index (χ1n) is 9.06. The van der Waals surface area contributed by atoms with Crippen molar-refractivity contribution in [1.29, 1.82) is 0 Å². The van der Waals surface area contributed by atoms with Gasteiger partial charge in [0.1, 0.15) is 6.61 Å². The summed E-state index contributed by atoms with van der Waals surface area (Å²) in [5.41, 5.74) is 2.87. The van der Waals surface area contributed by atoms with Crippen LogP contribution >= 0.6 is 23.2 Å². The van der Waals surface area contributed by atoms with Crippen molar-refractivity contribution in [3.8, 4) is 0 Å². The van der Waals surface area contributed by atoms with E-state index in [9.17, 15) is 9.59 Å². The van der Waals surface area contributed by atoms with E-state index in [1.807, 2.05) is 24.3 Å². The lowest BCUT2D eigenvalue weighted by molar-refractivity contribution is -0.143. The van der Waals surface area contributed by atoms with Crippen LogP contribution in [0.5, 0.6) is 0 Å². The van der Waals surface area contributed by atoms with E-state index in [4.69, 9.17) is 27.9 Å². The van der Waals surface area contributed by atoms with Crippen LogP contribution in [0.2, 0.25) is 10.0 Å². The van der Waals surface area contributed by atoms with Gasteiger partial charge in [-0.15, -0.1) is 0 Å². The zero-order valence-electron chi connectivity index (χ0n) is 16.0.